The van der Waals surface area contributed by atoms with E-state index >= 15 is 0 Å². The number of aromatic nitrogens is 4. The Kier molecular flexibility index (Phi) is 11.1. The summed E-state index contributed by atoms with van der Waals surface area (Å²) in [7, 11) is -3.46. The van der Waals surface area contributed by atoms with Crippen molar-refractivity contribution in [2.24, 2.45) is 0 Å². The quantitative estimate of drug-likeness (QED) is 0.189. The van der Waals surface area contributed by atoms with Crippen LogP contribution in [0.1, 0.15) is 62.5 Å². The minimum Gasteiger partial charge on any atom is -0.310 e. The maximum Gasteiger partial charge on any atom is 0.262 e. The van der Waals surface area contributed by atoms with E-state index in [9.17, 15) is 13.2 Å². The fourth-order valence-corrected chi connectivity index (χ4v) is 7.34. The molecule has 232 valence electrons. The number of aromatic amines is 1. The number of H-pyrrole nitrogens is 1. The van der Waals surface area contributed by atoms with Crippen LogP contribution in [0.15, 0.2) is 41.2 Å². The second-order valence-corrected chi connectivity index (χ2v) is 14.0. The van der Waals surface area contributed by atoms with Crippen molar-refractivity contribution in [3.05, 3.63) is 78.9 Å². The molecule has 1 saturated heterocycles. The summed E-state index contributed by atoms with van der Waals surface area (Å²) in [5.74, 6) is 0.425. The molecule has 0 bridgehead atoms. The molecule has 0 spiro atoms. The zero-order valence-corrected chi connectivity index (χ0v) is 27.8. The largest absolute Gasteiger partial charge is 0.310 e. The van der Waals surface area contributed by atoms with Crippen LogP contribution in [0.3, 0.4) is 0 Å². The molecule has 1 aliphatic rings. The van der Waals surface area contributed by atoms with Gasteiger partial charge >= 0.3 is 0 Å². The summed E-state index contributed by atoms with van der Waals surface area (Å²) < 4.78 is 29.4. The van der Waals surface area contributed by atoms with Gasteiger partial charge in [0, 0.05) is 17.1 Å². The lowest BCUT2D eigenvalue weighted by atomic mass is 10.1. The van der Waals surface area contributed by atoms with E-state index < -0.39 is 10.0 Å². The van der Waals surface area contributed by atoms with E-state index in [1.54, 1.807) is 36.4 Å². The molecule has 43 heavy (non-hydrogen) atoms. The van der Waals surface area contributed by atoms with Gasteiger partial charge in [0.15, 0.2) is 5.65 Å². The number of hydrogen-bond acceptors (Lipinski definition) is 6. The lowest BCUT2D eigenvalue weighted by molar-refractivity contribution is 0.229. The van der Waals surface area contributed by atoms with E-state index in [0.29, 0.717) is 51.8 Å². The summed E-state index contributed by atoms with van der Waals surface area (Å²) in [6.45, 7) is 6.77. The van der Waals surface area contributed by atoms with Gasteiger partial charge < -0.3 is 9.88 Å². The molecule has 4 aromatic rings. The number of sulfonamides is 1. The molecule has 14 heteroatoms. The van der Waals surface area contributed by atoms with Crippen molar-refractivity contribution >= 4 is 74.0 Å². The molecule has 0 amide bonds. The highest BCUT2D eigenvalue weighted by Gasteiger charge is 2.23. The van der Waals surface area contributed by atoms with Crippen molar-refractivity contribution in [3.8, 4) is 5.69 Å². The van der Waals surface area contributed by atoms with Crippen LogP contribution in [0.25, 0.3) is 16.7 Å². The van der Waals surface area contributed by atoms with E-state index in [1.807, 2.05) is 13.8 Å². The summed E-state index contributed by atoms with van der Waals surface area (Å²) in [5, 5.41) is 5.96. The monoisotopic (exact) mass is 686 g/mol. The number of anilines is 1. The van der Waals surface area contributed by atoms with Crippen molar-refractivity contribution in [1.29, 1.82) is 0 Å². The normalized spacial score (nSPS) is 14.3. The van der Waals surface area contributed by atoms with Crippen molar-refractivity contribution < 1.29 is 8.42 Å². The fraction of sp³-hybridized carbons (Fsp3) is 0.414. The molecule has 9 nitrogen and oxygen atoms in total. The number of piperidine rings is 1. The number of benzene rings is 2. The van der Waals surface area contributed by atoms with Gasteiger partial charge in [-0.05, 0) is 74.6 Å². The highest BCUT2D eigenvalue weighted by Crippen LogP contribution is 2.34. The van der Waals surface area contributed by atoms with Crippen LogP contribution < -0.4 is 10.3 Å². The van der Waals surface area contributed by atoms with Gasteiger partial charge in [-0.1, -0.05) is 67.2 Å². The Morgan fingerprint density at radius 1 is 1.02 bits per heavy atom. The SMILES string of the molecule is CC(C)c1nn(-c2c(Cl)cc(Cl)cc2Cl)c2nc(Cc3ccc(NS(=O)(=O)CCCN4CCCCC4)cc3)[nH]c(=O)c12.Cl. The van der Waals surface area contributed by atoms with Crippen molar-refractivity contribution in [2.75, 3.05) is 30.1 Å². The summed E-state index contributed by atoms with van der Waals surface area (Å²) in [6.07, 6.45) is 4.52. The Hall–Kier alpha value is -2.34. The first-order chi connectivity index (χ1) is 20.0. The minimum absolute atomic E-state index is 0. The number of hydrogen-bond donors (Lipinski definition) is 2. The number of nitrogens with zero attached hydrogens (tertiary/aromatic N) is 4. The van der Waals surface area contributed by atoms with Crippen molar-refractivity contribution in [3.63, 3.8) is 0 Å². The third kappa shape index (κ3) is 8.04. The molecule has 2 N–H and O–H groups in total. The van der Waals surface area contributed by atoms with E-state index in [-0.39, 0.29) is 39.7 Å². The van der Waals surface area contributed by atoms with E-state index in [1.165, 1.54) is 23.9 Å². The minimum atomic E-state index is -3.46. The Bertz CT molecular complexity index is 1730. The number of fused-ring (bicyclic) bond motifs is 1. The van der Waals surface area contributed by atoms with Gasteiger partial charge in [0.1, 0.15) is 16.9 Å². The van der Waals surface area contributed by atoms with Crippen LogP contribution in [0.2, 0.25) is 15.1 Å². The fourth-order valence-electron chi connectivity index (χ4n) is 5.25. The Morgan fingerprint density at radius 3 is 2.30 bits per heavy atom. The van der Waals surface area contributed by atoms with Crippen LogP contribution in [0.5, 0.6) is 0 Å². The van der Waals surface area contributed by atoms with Gasteiger partial charge in [0.2, 0.25) is 10.0 Å². The first-order valence-electron chi connectivity index (χ1n) is 14.0. The predicted octanol–water partition coefficient (Wildman–Crippen LogP) is 6.82. The number of nitrogens with one attached hydrogen (secondary N) is 2. The maximum atomic E-state index is 13.3. The molecule has 0 atom stereocenters. The smallest absolute Gasteiger partial charge is 0.262 e. The molecule has 2 aromatic heterocycles. The van der Waals surface area contributed by atoms with Gasteiger partial charge in [-0.2, -0.15) is 5.10 Å². The van der Waals surface area contributed by atoms with Crippen LogP contribution >= 0.6 is 47.2 Å². The first-order valence-corrected chi connectivity index (χ1v) is 16.8. The van der Waals surface area contributed by atoms with Crippen LogP contribution in [-0.2, 0) is 16.4 Å². The molecule has 0 aliphatic carbocycles. The zero-order valence-electron chi connectivity index (χ0n) is 23.9. The van der Waals surface area contributed by atoms with Gasteiger partial charge in [-0.15, -0.1) is 12.4 Å². The molecule has 1 fully saturated rings. The average molecular weight is 689 g/mol. The Balaban J connectivity index is 0.00000423. The van der Waals surface area contributed by atoms with Crippen LogP contribution in [-0.4, -0.2) is 58.5 Å². The van der Waals surface area contributed by atoms with E-state index in [4.69, 9.17) is 39.8 Å². The second kappa shape index (κ2) is 14.2. The lowest BCUT2D eigenvalue weighted by Crippen LogP contribution is -2.32. The third-order valence-corrected chi connectivity index (χ3v) is 9.46. The molecular formula is C29H34Cl4N6O3S. The van der Waals surface area contributed by atoms with Gasteiger partial charge in [-0.25, -0.2) is 18.1 Å². The Labute approximate surface area is 272 Å². The summed E-state index contributed by atoms with van der Waals surface area (Å²) in [4.78, 5) is 23.2. The molecule has 1 aliphatic heterocycles. The number of rotatable bonds is 10. The first kappa shape index (κ1) is 33.6. The van der Waals surface area contributed by atoms with Crippen LogP contribution in [0.4, 0.5) is 5.69 Å². The molecule has 5 rings (SSSR count). The summed E-state index contributed by atoms with van der Waals surface area (Å²) in [5.41, 5.74) is 2.29. The average Bonchev–Trinajstić information content (AvgIpc) is 3.30. The topological polar surface area (TPSA) is 113 Å². The maximum absolute atomic E-state index is 13.3. The second-order valence-electron chi connectivity index (χ2n) is 10.9. The molecule has 2 aromatic carbocycles. The van der Waals surface area contributed by atoms with Crippen molar-refractivity contribution in [1.82, 2.24) is 24.6 Å². The molecule has 0 unspecified atom stereocenters. The molecule has 3 heterocycles. The molecular weight excluding hydrogens is 654 g/mol. The molecule has 0 radical (unpaired) electrons. The number of likely N-dealkylation sites (tertiary alicyclic amines) is 1. The van der Waals surface area contributed by atoms with Crippen LogP contribution in [0, 0.1) is 0 Å². The summed E-state index contributed by atoms with van der Waals surface area (Å²) >= 11 is 19.1. The van der Waals surface area contributed by atoms with Crippen molar-refractivity contribution in [2.45, 2.75) is 51.9 Å². The molecule has 0 saturated carbocycles. The van der Waals surface area contributed by atoms with Gasteiger partial charge in [0.25, 0.3) is 5.56 Å². The van der Waals surface area contributed by atoms with E-state index in [0.717, 1.165) is 25.2 Å². The van der Waals surface area contributed by atoms with Gasteiger partial charge in [0.05, 0.1) is 21.5 Å². The van der Waals surface area contributed by atoms with E-state index in [2.05, 4.69) is 19.7 Å². The summed E-state index contributed by atoms with van der Waals surface area (Å²) in [6, 6.07) is 10.2. The Morgan fingerprint density at radius 2 is 1.67 bits per heavy atom. The highest BCUT2D eigenvalue weighted by atomic mass is 35.5. The lowest BCUT2D eigenvalue weighted by Gasteiger charge is -2.26. The van der Waals surface area contributed by atoms with Gasteiger partial charge in [-0.3, -0.25) is 9.52 Å². The zero-order chi connectivity index (χ0) is 30.0. The standard InChI is InChI=1S/C29H33Cl3N6O3S.ClH/c1-18(2)26-25-28(38(35-26)27-22(31)16-20(30)17-23(27)32)33-24(34-29(25)39)15-19-7-9-21(10-8-19)36-42(40,41)14-6-13-37-11-4-3-5-12-37;/h7-10,16-18,36H,3-6,11-15H2,1-2H3,(H,33,34,39);1H. The highest BCUT2D eigenvalue weighted by molar-refractivity contribution is 7.92. The predicted molar refractivity (Wildman–Crippen MR) is 177 cm³/mol. The number of halogens is 4. The third-order valence-electron chi connectivity index (χ3n) is 7.29.